The Hall–Kier alpha value is -1.38. The fourth-order valence-corrected chi connectivity index (χ4v) is 2.45. The monoisotopic (exact) mass is 479 g/mol. The van der Waals surface area contributed by atoms with Gasteiger partial charge in [-0.1, -0.05) is 13.3 Å². The zero-order chi connectivity index (χ0) is 18.7. The van der Waals surface area contributed by atoms with Gasteiger partial charge in [0.25, 0.3) is 0 Å². The van der Waals surface area contributed by atoms with Crippen molar-refractivity contribution >= 4 is 29.9 Å². The van der Waals surface area contributed by atoms with Crippen LogP contribution in [0.5, 0.6) is 17.2 Å². The van der Waals surface area contributed by atoms with Crippen LogP contribution in [0.4, 0.5) is 0 Å². The van der Waals surface area contributed by atoms with E-state index in [-0.39, 0.29) is 24.0 Å². The molecule has 7 heteroatoms. The third-order valence-electron chi connectivity index (χ3n) is 3.76. The summed E-state index contributed by atoms with van der Waals surface area (Å²) in [5.74, 6) is 2.86. The van der Waals surface area contributed by atoms with Crippen LogP contribution < -0.4 is 19.5 Å². The van der Waals surface area contributed by atoms with Crippen LogP contribution in [0.15, 0.2) is 17.1 Å². The van der Waals surface area contributed by atoms with Crippen LogP contribution in [0.1, 0.15) is 39.2 Å². The number of guanidine groups is 1. The number of hydrogen-bond acceptors (Lipinski definition) is 4. The van der Waals surface area contributed by atoms with Gasteiger partial charge in [0.15, 0.2) is 17.5 Å². The first kappa shape index (κ1) is 24.6. The number of hydrogen-bond donors (Lipinski definition) is 1. The van der Waals surface area contributed by atoms with Gasteiger partial charge in [-0.25, -0.2) is 4.99 Å². The van der Waals surface area contributed by atoms with Crippen molar-refractivity contribution in [2.24, 2.45) is 4.99 Å². The van der Waals surface area contributed by atoms with Gasteiger partial charge in [0, 0.05) is 20.1 Å². The Labute approximate surface area is 175 Å². The summed E-state index contributed by atoms with van der Waals surface area (Å²) in [7, 11) is 5.33. The standard InChI is InChI=1S/C19H33N3O3.HI/c1-7-10-11-22(4)19(20-8-2)21-14-15-12-16(23-5)18(25-9-3)17(13-15)24-6;/h12-13H,7-11,14H2,1-6H3,(H,20,21);1H. The first-order valence-corrected chi connectivity index (χ1v) is 8.98. The van der Waals surface area contributed by atoms with Crippen molar-refractivity contribution in [3.05, 3.63) is 17.7 Å². The minimum Gasteiger partial charge on any atom is -0.493 e. The number of nitrogens with zero attached hydrogens (tertiary/aromatic N) is 2. The maximum atomic E-state index is 5.65. The summed E-state index contributed by atoms with van der Waals surface area (Å²) in [5, 5.41) is 3.34. The highest BCUT2D eigenvalue weighted by molar-refractivity contribution is 14.0. The van der Waals surface area contributed by atoms with E-state index in [1.54, 1.807) is 14.2 Å². The molecule has 0 bridgehead atoms. The van der Waals surface area contributed by atoms with Gasteiger partial charge >= 0.3 is 0 Å². The number of benzene rings is 1. The molecule has 26 heavy (non-hydrogen) atoms. The van der Waals surface area contributed by atoms with Gasteiger partial charge in [0.2, 0.25) is 5.75 Å². The highest BCUT2D eigenvalue weighted by Crippen LogP contribution is 2.38. The molecule has 1 aromatic carbocycles. The summed E-state index contributed by atoms with van der Waals surface area (Å²) < 4.78 is 16.6. The summed E-state index contributed by atoms with van der Waals surface area (Å²) in [6.07, 6.45) is 2.31. The highest BCUT2D eigenvalue weighted by Gasteiger charge is 2.14. The van der Waals surface area contributed by atoms with E-state index < -0.39 is 0 Å². The molecule has 0 saturated heterocycles. The Balaban J connectivity index is 0.00000625. The molecular weight excluding hydrogens is 445 g/mol. The molecular formula is C19H34IN3O3. The van der Waals surface area contributed by atoms with Crippen molar-refractivity contribution in [1.82, 2.24) is 10.2 Å². The first-order valence-electron chi connectivity index (χ1n) is 8.98. The van der Waals surface area contributed by atoms with Crippen molar-refractivity contribution < 1.29 is 14.2 Å². The van der Waals surface area contributed by atoms with Gasteiger partial charge < -0.3 is 24.4 Å². The zero-order valence-electron chi connectivity index (χ0n) is 16.9. The predicted octanol–water partition coefficient (Wildman–Crippen LogP) is 3.92. The molecule has 0 aromatic heterocycles. The molecule has 1 rings (SSSR count). The normalized spacial score (nSPS) is 10.8. The maximum absolute atomic E-state index is 5.65. The molecule has 0 aliphatic carbocycles. The van der Waals surface area contributed by atoms with E-state index >= 15 is 0 Å². The molecule has 0 fully saturated rings. The average molecular weight is 479 g/mol. The molecule has 0 radical (unpaired) electrons. The molecule has 0 amide bonds. The highest BCUT2D eigenvalue weighted by atomic mass is 127. The predicted molar refractivity (Wildman–Crippen MR) is 118 cm³/mol. The second-order valence-electron chi connectivity index (χ2n) is 5.71. The molecule has 1 N–H and O–H groups in total. The van der Waals surface area contributed by atoms with E-state index in [0.29, 0.717) is 30.4 Å². The Morgan fingerprint density at radius 3 is 2.19 bits per heavy atom. The SMILES string of the molecule is CCCCN(C)C(=NCc1cc(OC)c(OCC)c(OC)c1)NCC.I. The summed E-state index contributed by atoms with van der Waals surface area (Å²) in [4.78, 5) is 6.91. The third-order valence-corrected chi connectivity index (χ3v) is 3.76. The first-order chi connectivity index (χ1) is 12.1. The lowest BCUT2D eigenvalue weighted by atomic mass is 10.2. The molecule has 0 spiro atoms. The number of ether oxygens (including phenoxy) is 3. The van der Waals surface area contributed by atoms with Crippen LogP contribution in [0.25, 0.3) is 0 Å². The van der Waals surface area contributed by atoms with Crippen LogP contribution in [0.2, 0.25) is 0 Å². The summed E-state index contributed by atoms with van der Waals surface area (Å²) >= 11 is 0. The maximum Gasteiger partial charge on any atom is 0.203 e. The smallest absolute Gasteiger partial charge is 0.203 e. The molecule has 0 aliphatic heterocycles. The van der Waals surface area contributed by atoms with E-state index in [2.05, 4.69) is 31.1 Å². The van der Waals surface area contributed by atoms with E-state index in [0.717, 1.165) is 37.5 Å². The molecule has 0 unspecified atom stereocenters. The number of halogens is 1. The second kappa shape index (κ2) is 13.8. The fraction of sp³-hybridized carbons (Fsp3) is 0.632. The van der Waals surface area contributed by atoms with Crippen molar-refractivity contribution in [3.63, 3.8) is 0 Å². The van der Waals surface area contributed by atoms with Gasteiger partial charge in [0.1, 0.15) is 0 Å². The number of aliphatic imine (C=N–C) groups is 1. The minimum atomic E-state index is 0. The lowest BCUT2D eigenvalue weighted by Crippen LogP contribution is -2.39. The number of unbranched alkanes of at least 4 members (excludes halogenated alkanes) is 1. The lowest BCUT2D eigenvalue weighted by Gasteiger charge is -2.22. The van der Waals surface area contributed by atoms with Gasteiger partial charge in [-0.3, -0.25) is 0 Å². The molecule has 0 heterocycles. The van der Waals surface area contributed by atoms with Crippen molar-refractivity contribution in [3.8, 4) is 17.2 Å². The molecule has 0 saturated carbocycles. The van der Waals surface area contributed by atoms with Gasteiger partial charge in [0.05, 0.1) is 27.4 Å². The van der Waals surface area contributed by atoms with Gasteiger partial charge in [-0.15, -0.1) is 24.0 Å². The van der Waals surface area contributed by atoms with Crippen LogP contribution in [0.3, 0.4) is 0 Å². The van der Waals surface area contributed by atoms with Gasteiger partial charge in [-0.05, 0) is 38.0 Å². The number of methoxy groups -OCH3 is 2. The van der Waals surface area contributed by atoms with Crippen LogP contribution >= 0.6 is 24.0 Å². The Bertz CT molecular complexity index is 528. The molecule has 1 aromatic rings. The van der Waals surface area contributed by atoms with E-state index in [4.69, 9.17) is 19.2 Å². The number of nitrogens with one attached hydrogen (secondary N) is 1. The molecule has 150 valence electrons. The van der Waals surface area contributed by atoms with Crippen molar-refractivity contribution in [2.75, 3.05) is 41.0 Å². The quantitative estimate of drug-likeness (QED) is 0.313. The fourth-order valence-electron chi connectivity index (χ4n) is 2.45. The second-order valence-corrected chi connectivity index (χ2v) is 5.71. The van der Waals surface area contributed by atoms with Crippen LogP contribution in [0, 0.1) is 0 Å². The lowest BCUT2D eigenvalue weighted by molar-refractivity contribution is 0.288. The topological polar surface area (TPSA) is 55.3 Å². The van der Waals surface area contributed by atoms with E-state index in [9.17, 15) is 0 Å². The molecule has 0 atom stereocenters. The average Bonchev–Trinajstić information content (AvgIpc) is 2.63. The molecule has 6 nitrogen and oxygen atoms in total. The van der Waals surface area contributed by atoms with E-state index in [1.807, 2.05) is 19.1 Å². The number of rotatable bonds is 10. The van der Waals surface area contributed by atoms with E-state index in [1.165, 1.54) is 0 Å². The van der Waals surface area contributed by atoms with Crippen molar-refractivity contribution in [2.45, 2.75) is 40.2 Å². The molecule has 0 aliphatic rings. The summed E-state index contributed by atoms with van der Waals surface area (Å²) in [6, 6.07) is 3.90. The Morgan fingerprint density at radius 1 is 1.12 bits per heavy atom. The largest absolute Gasteiger partial charge is 0.493 e. The zero-order valence-corrected chi connectivity index (χ0v) is 19.3. The van der Waals surface area contributed by atoms with Gasteiger partial charge in [-0.2, -0.15) is 0 Å². The van der Waals surface area contributed by atoms with Crippen LogP contribution in [-0.2, 0) is 6.54 Å². The van der Waals surface area contributed by atoms with Crippen molar-refractivity contribution in [1.29, 1.82) is 0 Å². The third kappa shape index (κ3) is 7.47. The Morgan fingerprint density at radius 2 is 1.73 bits per heavy atom. The van der Waals surface area contributed by atoms with Crippen LogP contribution in [-0.4, -0.2) is 51.8 Å². The minimum absolute atomic E-state index is 0. The summed E-state index contributed by atoms with van der Waals surface area (Å²) in [6.45, 7) is 9.12. The Kier molecular flexibility index (Phi) is 13.0. The summed E-state index contributed by atoms with van der Waals surface area (Å²) in [5.41, 5.74) is 1.01.